The zero-order chi connectivity index (χ0) is 22.7. The minimum atomic E-state index is -0.861. The predicted molar refractivity (Wildman–Crippen MR) is 117 cm³/mol. The number of aromatic nitrogens is 3. The lowest BCUT2D eigenvalue weighted by molar-refractivity contribution is 0.122. The second kappa shape index (κ2) is 9.21. The molecule has 3 aromatic rings. The fraction of sp³-hybridized carbons (Fsp3) is 0.318. The Morgan fingerprint density at radius 3 is 2.72 bits per heavy atom. The largest absolute Gasteiger partial charge is 0.465 e. The number of hydrogen-bond donors (Lipinski definition) is 3. The van der Waals surface area contributed by atoms with Crippen molar-refractivity contribution in [3.63, 3.8) is 0 Å². The molecule has 10 heteroatoms. The molecular formula is C22H24F2N6O2. The van der Waals surface area contributed by atoms with Gasteiger partial charge in [-0.3, -0.25) is 0 Å². The molecule has 4 rings (SSSR count). The molecule has 0 spiro atoms. The van der Waals surface area contributed by atoms with Gasteiger partial charge in [0.25, 0.3) is 0 Å². The number of hydrogen-bond acceptors (Lipinski definition) is 5. The quantitative estimate of drug-likeness (QED) is 0.524. The van der Waals surface area contributed by atoms with Gasteiger partial charge < -0.3 is 20.6 Å². The molecular weight excluding hydrogens is 418 g/mol. The van der Waals surface area contributed by atoms with Gasteiger partial charge in [-0.1, -0.05) is 0 Å². The molecule has 2 aromatic carbocycles. The first kappa shape index (κ1) is 21.5. The third kappa shape index (κ3) is 5.13. The summed E-state index contributed by atoms with van der Waals surface area (Å²) in [5.74, 6) is -0.802. The number of benzene rings is 2. The number of nitrogens with zero attached hydrogens (tertiary/aromatic N) is 4. The Labute approximate surface area is 183 Å². The van der Waals surface area contributed by atoms with Gasteiger partial charge >= 0.3 is 6.09 Å². The molecule has 1 saturated heterocycles. The summed E-state index contributed by atoms with van der Waals surface area (Å²) in [6, 6.07) is 8.91. The van der Waals surface area contributed by atoms with Crippen molar-refractivity contribution >= 4 is 23.4 Å². The van der Waals surface area contributed by atoms with Gasteiger partial charge in [-0.15, -0.1) is 5.10 Å². The van der Waals surface area contributed by atoms with Crippen LogP contribution in [0.1, 0.15) is 18.4 Å². The monoisotopic (exact) mass is 442 g/mol. The number of carbonyl (C=O) groups is 1. The first-order chi connectivity index (χ1) is 15.4. The third-order valence-corrected chi connectivity index (χ3v) is 5.46. The van der Waals surface area contributed by atoms with Gasteiger partial charge in [0.2, 0.25) is 5.95 Å². The van der Waals surface area contributed by atoms with Crippen molar-refractivity contribution in [2.24, 2.45) is 5.92 Å². The molecule has 8 nitrogen and oxygen atoms in total. The number of carboxylic acid groups (broad SMARTS) is 1. The van der Waals surface area contributed by atoms with Crippen LogP contribution in [0.5, 0.6) is 0 Å². The number of anilines is 3. The maximum atomic E-state index is 13.4. The maximum Gasteiger partial charge on any atom is 0.407 e. The van der Waals surface area contributed by atoms with Crippen LogP contribution >= 0.6 is 0 Å². The number of aryl methyl sites for hydroxylation is 1. The van der Waals surface area contributed by atoms with Crippen molar-refractivity contribution < 1.29 is 18.7 Å². The topological polar surface area (TPSA) is 95.3 Å². The molecule has 1 atom stereocenters. The van der Waals surface area contributed by atoms with Crippen LogP contribution in [-0.2, 0) is 0 Å². The Morgan fingerprint density at radius 2 is 2.00 bits per heavy atom. The lowest BCUT2D eigenvalue weighted by Gasteiger charge is -2.31. The van der Waals surface area contributed by atoms with Crippen LogP contribution in [0.25, 0.3) is 5.69 Å². The SMILES string of the molecule is Cc1cc(Nc2ncn(-c3cc(F)cc(F)c3)n2)ccc1NCC1CCCN(C(=O)O)C1. The van der Waals surface area contributed by atoms with Gasteiger partial charge in [0.05, 0.1) is 5.69 Å². The Hall–Kier alpha value is -3.69. The number of likely N-dealkylation sites (tertiary alicyclic amines) is 1. The van der Waals surface area contributed by atoms with Gasteiger partial charge in [-0.2, -0.15) is 4.98 Å². The lowest BCUT2D eigenvalue weighted by atomic mass is 9.98. The van der Waals surface area contributed by atoms with Crippen molar-refractivity contribution in [1.82, 2.24) is 19.7 Å². The van der Waals surface area contributed by atoms with Crippen LogP contribution in [0, 0.1) is 24.5 Å². The number of piperidine rings is 1. The molecule has 32 heavy (non-hydrogen) atoms. The molecule has 2 heterocycles. The number of rotatable bonds is 6. The third-order valence-electron chi connectivity index (χ3n) is 5.46. The average Bonchev–Trinajstić information content (AvgIpc) is 3.21. The van der Waals surface area contributed by atoms with E-state index in [0.29, 0.717) is 25.6 Å². The van der Waals surface area contributed by atoms with E-state index < -0.39 is 17.7 Å². The van der Waals surface area contributed by atoms with E-state index in [4.69, 9.17) is 0 Å². The molecule has 1 aliphatic rings. The zero-order valence-corrected chi connectivity index (χ0v) is 17.6. The minimum absolute atomic E-state index is 0.239. The summed E-state index contributed by atoms with van der Waals surface area (Å²) >= 11 is 0. The molecule has 1 aromatic heterocycles. The summed E-state index contributed by atoms with van der Waals surface area (Å²) in [5.41, 5.74) is 2.98. The number of halogens is 2. The standard InChI is InChI=1S/C22H24F2N6O2/c1-14-7-18(4-5-20(14)25-11-15-3-2-6-29(12-15)22(31)32)27-21-26-13-30(28-21)19-9-16(23)8-17(24)10-19/h4-5,7-10,13,15,25H,2-3,6,11-12H2,1H3,(H,27,28)(H,31,32). The summed E-state index contributed by atoms with van der Waals surface area (Å²) < 4.78 is 28.2. The fourth-order valence-electron chi connectivity index (χ4n) is 3.84. The van der Waals surface area contributed by atoms with Gasteiger partial charge in [-0.25, -0.2) is 18.3 Å². The minimum Gasteiger partial charge on any atom is -0.465 e. The van der Waals surface area contributed by atoms with E-state index in [9.17, 15) is 18.7 Å². The molecule has 3 N–H and O–H groups in total. The highest BCUT2D eigenvalue weighted by atomic mass is 19.1. The molecule has 1 aliphatic heterocycles. The van der Waals surface area contributed by atoms with Crippen LogP contribution < -0.4 is 10.6 Å². The molecule has 1 fully saturated rings. The molecule has 1 unspecified atom stereocenters. The highest BCUT2D eigenvalue weighted by molar-refractivity contribution is 5.65. The summed E-state index contributed by atoms with van der Waals surface area (Å²) in [7, 11) is 0. The molecule has 168 valence electrons. The van der Waals surface area contributed by atoms with E-state index in [1.807, 2.05) is 25.1 Å². The van der Waals surface area contributed by atoms with Crippen molar-refractivity contribution in [3.8, 4) is 5.69 Å². The fourth-order valence-corrected chi connectivity index (χ4v) is 3.84. The smallest absolute Gasteiger partial charge is 0.407 e. The Bertz CT molecular complexity index is 1100. The van der Waals surface area contributed by atoms with Gasteiger partial charge in [0, 0.05) is 37.1 Å². The first-order valence-corrected chi connectivity index (χ1v) is 10.3. The van der Waals surface area contributed by atoms with Crippen molar-refractivity contribution in [1.29, 1.82) is 0 Å². The molecule has 0 bridgehead atoms. The highest BCUT2D eigenvalue weighted by Gasteiger charge is 2.23. The van der Waals surface area contributed by atoms with Crippen molar-refractivity contribution in [3.05, 3.63) is 59.9 Å². The molecule has 0 saturated carbocycles. The number of amides is 1. The van der Waals surface area contributed by atoms with Gasteiger partial charge in [0.1, 0.15) is 18.0 Å². The second-order valence-corrected chi connectivity index (χ2v) is 7.91. The van der Waals surface area contributed by atoms with Crippen molar-refractivity contribution in [2.75, 3.05) is 30.3 Å². The van der Waals surface area contributed by atoms with E-state index >= 15 is 0 Å². The van der Waals surface area contributed by atoms with Crippen LogP contribution in [-0.4, -0.2) is 50.5 Å². The predicted octanol–water partition coefficient (Wildman–Crippen LogP) is 4.40. The van der Waals surface area contributed by atoms with Gasteiger partial charge in [-0.05, 0) is 61.6 Å². The zero-order valence-electron chi connectivity index (χ0n) is 17.6. The summed E-state index contributed by atoms with van der Waals surface area (Å²) in [6.07, 6.45) is 2.39. The highest BCUT2D eigenvalue weighted by Crippen LogP contribution is 2.24. The van der Waals surface area contributed by atoms with E-state index in [1.165, 1.54) is 28.0 Å². The van der Waals surface area contributed by atoms with E-state index in [1.54, 1.807) is 0 Å². The average molecular weight is 442 g/mol. The number of nitrogens with one attached hydrogen (secondary N) is 2. The second-order valence-electron chi connectivity index (χ2n) is 7.91. The van der Waals surface area contributed by atoms with E-state index in [0.717, 1.165) is 35.8 Å². The summed E-state index contributed by atoms with van der Waals surface area (Å²) in [4.78, 5) is 16.8. The molecule has 0 aliphatic carbocycles. The molecule has 0 radical (unpaired) electrons. The Kier molecular flexibility index (Phi) is 6.20. The van der Waals surface area contributed by atoms with Crippen molar-refractivity contribution in [2.45, 2.75) is 19.8 Å². The van der Waals surface area contributed by atoms with E-state index in [2.05, 4.69) is 20.7 Å². The van der Waals surface area contributed by atoms with Crippen LogP contribution in [0.3, 0.4) is 0 Å². The normalized spacial score (nSPS) is 16.1. The Morgan fingerprint density at radius 1 is 1.22 bits per heavy atom. The summed E-state index contributed by atoms with van der Waals surface area (Å²) in [6.45, 7) is 3.82. The lowest BCUT2D eigenvalue weighted by Crippen LogP contribution is -2.41. The van der Waals surface area contributed by atoms with Crippen LogP contribution in [0.2, 0.25) is 0 Å². The van der Waals surface area contributed by atoms with Crippen LogP contribution in [0.15, 0.2) is 42.7 Å². The first-order valence-electron chi connectivity index (χ1n) is 10.3. The van der Waals surface area contributed by atoms with Gasteiger partial charge in [0.15, 0.2) is 0 Å². The van der Waals surface area contributed by atoms with E-state index in [-0.39, 0.29) is 11.6 Å². The maximum absolute atomic E-state index is 13.4. The summed E-state index contributed by atoms with van der Waals surface area (Å²) in [5, 5.41) is 19.9. The molecule has 1 amide bonds. The van der Waals surface area contributed by atoms with Crippen LogP contribution in [0.4, 0.5) is 30.9 Å². The Balaban J connectivity index is 1.37.